The van der Waals surface area contributed by atoms with E-state index in [2.05, 4.69) is 15.4 Å². The van der Waals surface area contributed by atoms with Crippen LogP contribution in [0.25, 0.3) is 0 Å². The average molecular weight is 346 g/mol. The number of carbonyl (C=O) groups is 3. The van der Waals surface area contributed by atoms with E-state index < -0.39 is 12.0 Å². The van der Waals surface area contributed by atoms with E-state index in [1.807, 2.05) is 30.3 Å². The molecular formula is C17H18N2O4S. The highest BCUT2D eigenvalue weighted by molar-refractivity contribution is 7.14. The predicted molar refractivity (Wildman–Crippen MR) is 92.2 cm³/mol. The van der Waals surface area contributed by atoms with Gasteiger partial charge in [0.05, 0.1) is 12.2 Å². The van der Waals surface area contributed by atoms with Gasteiger partial charge < -0.3 is 10.1 Å². The molecule has 2 rings (SSSR count). The largest absolute Gasteiger partial charge is 0.450 e. The lowest BCUT2D eigenvalue weighted by Gasteiger charge is -2.07. The van der Waals surface area contributed by atoms with Gasteiger partial charge in [0.25, 0.3) is 5.91 Å². The predicted octanol–water partition coefficient (Wildman–Crippen LogP) is 3.21. The zero-order valence-electron chi connectivity index (χ0n) is 13.2. The molecule has 1 heterocycles. The number of nitrogens with one attached hydrogen (secondary N) is 2. The molecule has 1 aromatic carbocycles. The van der Waals surface area contributed by atoms with Gasteiger partial charge >= 0.3 is 6.09 Å². The molecule has 2 N–H and O–H groups in total. The quantitative estimate of drug-likeness (QED) is 0.841. The molecule has 0 bridgehead atoms. The first-order chi connectivity index (χ1) is 11.6. The van der Waals surface area contributed by atoms with Gasteiger partial charge in [0.15, 0.2) is 0 Å². The Morgan fingerprint density at radius 1 is 1.12 bits per heavy atom. The molecule has 7 heteroatoms. The molecule has 0 radical (unpaired) electrons. The summed E-state index contributed by atoms with van der Waals surface area (Å²) in [4.78, 5) is 35.4. The molecule has 0 aliphatic rings. The molecule has 0 spiro atoms. The molecule has 0 saturated carbocycles. The van der Waals surface area contributed by atoms with E-state index in [0.29, 0.717) is 17.8 Å². The van der Waals surface area contributed by atoms with Crippen LogP contribution in [0.15, 0.2) is 41.8 Å². The number of carbonyl (C=O) groups excluding carboxylic acids is 3. The first kappa shape index (κ1) is 17.7. The van der Waals surface area contributed by atoms with Crippen LogP contribution in [0.5, 0.6) is 0 Å². The van der Waals surface area contributed by atoms with Crippen molar-refractivity contribution >= 4 is 34.2 Å². The minimum atomic E-state index is -0.810. The van der Waals surface area contributed by atoms with Crippen molar-refractivity contribution < 1.29 is 19.1 Å². The Labute approximate surface area is 143 Å². The van der Waals surface area contributed by atoms with Crippen molar-refractivity contribution in [1.82, 2.24) is 5.32 Å². The third-order valence-electron chi connectivity index (χ3n) is 3.14. The smallest absolute Gasteiger partial charge is 0.414 e. The fourth-order valence-corrected chi connectivity index (χ4v) is 2.80. The summed E-state index contributed by atoms with van der Waals surface area (Å²) in [6, 6.07) is 11.2. The van der Waals surface area contributed by atoms with Crippen molar-refractivity contribution in [2.24, 2.45) is 0 Å². The molecule has 126 valence electrons. The van der Waals surface area contributed by atoms with Gasteiger partial charge in [-0.3, -0.25) is 14.9 Å². The number of alkyl carbamates (subject to hydrolysis) is 1. The lowest BCUT2D eigenvalue weighted by atomic mass is 10.1. The van der Waals surface area contributed by atoms with Gasteiger partial charge in [0, 0.05) is 6.42 Å². The van der Waals surface area contributed by atoms with Crippen LogP contribution in [0.1, 0.15) is 29.3 Å². The van der Waals surface area contributed by atoms with Gasteiger partial charge in [0.1, 0.15) is 5.00 Å². The van der Waals surface area contributed by atoms with Crippen LogP contribution < -0.4 is 10.6 Å². The van der Waals surface area contributed by atoms with E-state index in [4.69, 9.17) is 0 Å². The summed E-state index contributed by atoms with van der Waals surface area (Å²) in [6.07, 6.45) is 0.110. The highest BCUT2D eigenvalue weighted by atomic mass is 32.1. The molecule has 0 aliphatic carbocycles. The fourth-order valence-electron chi connectivity index (χ4n) is 2.00. The summed E-state index contributed by atoms with van der Waals surface area (Å²) in [7, 11) is 0. The Morgan fingerprint density at radius 2 is 1.88 bits per heavy atom. The minimum Gasteiger partial charge on any atom is -0.450 e. The number of anilines is 1. The maximum absolute atomic E-state index is 12.1. The van der Waals surface area contributed by atoms with Crippen LogP contribution in [0, 0.1) is 0 Å². The number of hydrogen-bond donors (Lipinski definition) is 2. The number of hydrogen-bond acceptors (Lipinski definition) is 5. The Hall–Kier alpha value is -2.67. The molecule has 0 saturated heterocycles. The second kappa shape index (κ2) is 8.83. The Balaban J connectivity index is 1.91. The number of aryl methyl sites for hydroxylation is 1. The number of benzene rings is 1. The van der Waals surface area contributed by atoms with Gasteiger partial charge in [-0.1, -0.05) is 30.3 Å². The van der Waals surface area contributed by atoms with Crippen LogP contribution in [0.3, 0.4) is 0 Å². The van der Waals surface area contributed by atoms with Crippen LogP contribution in [-0.2, 0) is 16.0 Å². The maximum Gasteiger partial charge on any atom is 0.414 e. The van der Waals surface area contributed by atoms with Gasteiger partial charge in [-0.15, -0.1) is 11.3 Å². The van der Waals surface area contributed by atoms with Crippen LogP contribution >= 0.6 is 11.3 Å². The van der Waals surface area contributed by atoms with E-state index in [1.165, 1.54) is 11.3 Å². The third-order valence-corrected chi connectivity index (χ3v) is 3.97. The summed E-state index contributed by atoms with van der Waals surface area (Å²) >= 11 is 1.22. The van der Waals surface area contributed by atoms with Crippen LogP contribution in [0.2, 0.25) is 0 Å². The molecule has 1 aromatic heterocycles. The lowest BCUT2D eigenvalue weighted by molar-refractivity contribution is -0.116. The molecule has 0 atom stereocenters. The standard InChI is InChI=1S/C17H18N2O4S/c1-2-23-17(22)19-15(21)13-10-11-24-16(13)18-14(20)9-8-12-6-4-3-5-7-12/h3-7,10-11H,2,8-9H2,1H3,(H,18,20)(H,19,21,22). The SMILES string of the molecule is CCOC(=O)NC(=O)c1ccsc1NC(=O)CCc1ccccc1. The van der Waals surface area contributed by atoms with Crippen molar-refractivity contribution in [2.75, 3.05) is 11.9 Å². The average Bonchev–Trinajstić information content (AvgIpc) is 3.02. The molecule has 24 heavy (non-hydrogen) atoms. The molecule has 3 amide bonds. The number of thiophene rings is 1. The zero-order chi connectivity index (χ0) is 17.4. The first-order valence-corrected chi connectivity index (χ1v) is 8.37. The van der Waals surface area contributed by atoms with E-state index in [9.17, 15) is 14.4 Å². The van der Waals surface area contributed by atoms with Crippen molar-refractivity contribution in [2.45, 2.75) is 19.8 Å². The summed E-state index contributed by atoms with van der Waals surface area (Å²) in [5, 5.41) is 6.91. The van der Waals surface area contributed by atoms with Crippen LogP contribution in [0.4, 0.5) is 9.80 Å². The summed E-state index contributed by atoms with van der Waals surface area (Å²) < 4.78 is 4.66. The molecule has 0 fully saturated rings. The summed E-state index contributed by atoms with van der Waals surface area (Å²) in [6.45, 7) is 1.82. The first-order valence-electron chi connectivity index (χ1n) is 7.49. The van der Waals surface area contributed by atoms with Crippen molar-refractivity contribution in [3.8, 4) is 0 Å². The number of ether oxygens (including phenoxy) is 1. The molecule has 0 unspecified atom stereocenters. The normalized spacial score (nSPS) is 10.0. The maximum atomic E-state index is 12.1. The van der Waals surface area contributed by atoms with Crippen molar-refractivity contribution in [3.05, 3.63) is 52.9 Å². The zero-order valence-corrected chi connectivity index (χ0v) is 14.0. The van der Waals surface area contributed by atoms with E-state index in [1.54, 1.807) is 18.4 Å². The second-order valence-electron chi connectivity index (χ2n) is 4.87. The van der Waals surface area contributed by atoms with Gasteiger partial charge in [-0.05, 0) is 30.4 Å². The number of imide groups is 1. The van der Waals surface area contributed by atoms with Gasteiger partial charge in [-0.25, -0.2) is 4.79 Å². The second-order valence-corrected chi connectivity index (χ2v) is 5.79. The highest BCUT2D eigenvalue weighted by Gasteiger charge is 2.17. The van der Waals surface area contributed by atoms with Gasteiger partial charge in [0.2, 0.25) is 5.91 Å². The minimum absolute atomic E-state index is 0.172. The highest BCUT2D eigenvalue weighted by Crippen LogP contribution is 2.23. The number of rotatable bonds is 6. The van der Waals surface area contributed by atoms with E-state index >= 15 is 0 Å². The summed E-state index contributed by atoms with van der Waals surface area (Å²) in [5.74, 6) is -0.792. The van der Waals surface area contributed by atoms with E-state index in [-0.39, 0.29) is 18.1 Å². The fraction of sp³-hybridized carbons (Fsp3) is 0.235. The third kappa shape index (κ3) is 5.20. The van der Waals surface area contributed by atoms with Crippen molar-refractivity contribution in [1.29, 1.82) is 0 Å². The summed E-state index contributed by atoms with van der Waals surface area (Å²) in [5.41, 5.74) is 1.31. The Kier molecular flexibility index (Phi) is 6.51. The van der Waals surface area contributed by atoms with Crippen molar-refractivity contribution in [3.63, 3.8) is 0 Å². The molecule has 6 nitrogen and oxygen atoms in total. The van der Waals surface area contributed by atoms with Crippen LogP contribution in [-0.4, -0.2) is 24.5 Å². The van der Waals surface area contributed by atoms with Gasteiger partial charge in [-0.2, -0.15) is 0 Å². The molecular weight excluding hydrogens is 328 g/mol. The Morgan fingerprint density at radius 3 is 2.58 bits per heavy atom. The monoisotopic (exact) mass is 346 g/mol. The topological polar surface area (TPSA) is 84.5 Å². The Bertz CT molecular complexity index is 712. The lowest BCUT2D eigenvalue weighted by Crippen LogP contribution is -2.31. The molecule has 0 aliphatic heterocycles. The molecule has 2 aromatic rings. The number of amides is 3. The van der Waals surface area contributed by atoms with E-state index in [0.717, 1.165) is 5.56 Å².